The van der Waals surface area contributed by atoms with E-state index in [0.29, 0.717) is 31.3 Å². The van der Waals surface area contributed by atoms with Crippen molar-refractivity contribution in [3.05, 3.63) is 42.2 Å². The van der Waals surface area contributed by atoms with Crippen LogP contribution in [0, 0.1) is 0 Å². The summed E-state index contributed by atoms with van der Waals surface area (Å²) >= 11 is 1.45. The van der Waals surface area contributed by atoms with Crippen molar-refractivity contribution >= 4 is 43.5 Å². The monoisotopic (exact) mass is 531 g/mol. The number of hydrogen-bond acceptors (Lipinski definition) is 9. The van der Waals surface area contributed by atoms with Crippen LogP contribution in [0.5, 0.6) is 17.4 Å². The number of sulfone groups is 1. The number of nitrogens with one attached hydrogen (secondary N) is 1. The Labute approximate surface area is 212 Å². The summed E-state index contributed by atoms with van der Waals surface area (Å²) in [6.07, 6.45) is 3.98. The van der Waals surface area contributed by atoms with Crippen LogP contribution in [-0.4, -0.2) is 71.9 Å². The predicted molar refractivity (Wildman–Crippen MR) is 135 cm³/mol. The molecule has 3 aromatic rings. The number of nitrogens with zero attached hydrogens (tertiary/aromatic N) is 2. The standard InChI is InChI=1S/C24H25N3O7S2/c1-36(30,31)18-2-3-21(25-13-18)34-16-8-14-9-19(24-26-12-17(35-24)11-22(28)29)27-23(14)20(10-16)33-15-4-6-32-7-5-15/h2-3,8-10,13,15,17,27H,4-7,11-12H2,1H3,(H,28,29). The van der Waals surface area contributed by atoms with Gasteiger partial charge in [-0.1, -0.05) is 11.8 Å². The first kappa shape index (κ1) is 24.6. The van der Waals surface area contributed by atoms with E-state index in [1.54, 1.807) is 6.07 Å². The van der Waals surface area contributed by atoms with Crippen LogP contribution in [0.25, 0.3) is 10.9 Å². The number of aliphatic carboxylic acids is 1. The van der Waals surface area contributed by atoms with E-state index < -0.39 is 15.8 Å². The molecule has 1 fully saturated rings. The Morgan fingerprint density at radius 2 is 2.06 bits per heavy atom. The lowest BCUT2D eigenvalue weighted by molar-refractivity contribution is -0.136. The molecular weight excluding hydrogens is 506 g/mol. The van der Waals surface area contributed by atoms with Gasteiger partial charge in [0.1, 0.15) is 22.6 Å². The molecule has 0 amide bonds. The molecule has 12 heteroatoms. The summed E-state index contributed by atoms with van der Waals surface area (Å²) in [5.41, 5.74) is 1.57. The van der Waals surface area contributed by atoms with Crippen LogP contribution in [0.2, 0.25) is 0 Å². The molecule has 5 rings (SSSR count). The van der Waals surface area contributed by atoms with Gasteiger partial charge in [0.05, 0.1) is 42.3 Å². The maximum absolute atomic E-state index is 11.7. The second-order valence-corrected chi connectivity index (χ2v) is 12.0. The summed E-state index contributed by atoms with van der Waals surface area (Å²) in [6.45, 7) is 1.72. The van der Waals surface area contributed by atoms with E-state index in [-0.39, 0.29) is 28.6 Å². The van der Waals surface area contributed by atoms with Crippen molar-refractivity contribution in [2.24, 2.45) is 4.99 Å². The average Bonchev–Trinajstić information content (AvgIpc) is 3.46. The molecule has 4 heterocycles. The Morgan fingerprint density at radius 3 is 2.75 bits per heavy atom. The number of aromatic amines is 1. The minimum absolute atomic E-state index is 0.00531. The third-order valence-corrected chi connectivity index (χ3v) is 8.16. The maximum atomic E-state index is 11.7. The lowest BCUT2D eigenvalue weighted by Gasteiger charge is -2.23. The third-order valence-electron chi connectivity index (χ3n) is 5.84. The van der Waals surface area contributed by atoms with Crippen LogP contribution in [0.1, 0.15) is 25.0 Å². The fraction of sp³-hybridized carbons (Fsp3) is 0.375. The van der Waals surface area contributed by atoms with Crippen molar-refractivity contribution in [2.45, 2.75) is 35.5 Å². The Morgan fingerprint density at radius 1 is 1.25 bits per heavy atom. The summed E-state index contributed by atoms with van der Waals surface area (Å²) in [4.78, 5) is 23.3. The number of fused-ring (bicyclic) bond motifs is 1. The Bertz CT molecular complexity index is 1410. The van der Waals surface area contributed by atoms with Crippen LogP contribution < -0.4 is 9.47 Å². The Kier molecular flexibility index (Phi) is 6.91. The number of carbonyl (C=O) groups is 1. The smallest absolute Gasteiger partial charge is 0.304 e. The van der Waals surface area contributed by atoms with Gasteiger partial charge in [-0.05, 0) is 18.2 Å². The largest absolute Gasteiger partial charge is 0.488 e. The van der Waals surface area contributed by atoms with Gasteiger partial charge < -0.3 is 24.3 Å². The molecule has 1 unspecified atom stereocenters. The summed E-state index contributed by atoms with van der Waals surface area (Å²) < 4.78 is 41.2. The van der Waals surface area contributed by atoms with Gasteiger partial charge in [0.25, 0.3) is 0 Å². The van der Waals surface area contributed by atoms with E-state index in [9.17, 15) is 13.2 Å². The Hall–Kier alpha value is -3.09. The van der Waals surface area contributed by atoms with Gasteiger partial charge in [0.15, 0.2) is 9.84 Å². The third kappa shape index (κ3) is 5.66. The number of aromatic nitrogens is 2. The molecule has 36 heavy (non-hydrogen) atoms. The highest BCUT2D eigenvalue weighted by molar-refractivity contribution is 8.15. The number of aliphatic imine (C=N–C) groups is 1. The van der Waals surface area contributed by atoms with Crippen molar-refractivity contribution in [3.63, 3.8) is 0 Å². The van der Waals surface area contributed by atoms with Gasteiger partial charge in [-0.15, -0.1) is 0 Å². The first-order chi connectivity index (χ1) is 17.2. The normalized spacial score (nSPS) is 18.8. The number of carboxylic acids is 1. The van der Waals surface area contributed by atoms with Crippen molar-refractivity contribution in [2.75, 3.05) is 26.0 Å². The van der Waals surface area contributed by atoms with Gasteiger partial charge in [-0.25, -0.2) is 13.4 Å². The summed E-state index contributed by atoms with van der Waals surface area (Å²) in [7, 11) is -3.36. The molecule has 2 aliphatic rings. The van der Waals surface area contributed by atoms with Crippen molar-refractivity contribution in [3.8, 4) is 17.4 Å². The molecule has 1 aromatic carbocycles. The lowest BCUT2D eigenvalue weighted by atomic mass is 10.1. The number of rotatable bonds is 8. The zero-order valence-electron chi connectivity index (χ0n) is 19.5. The predicted octanol–water partition coefficient (Wildman–Crippen LogP) is 3.65. The highest BCUT2D eigenvalue weighted by Gasteiger charge is 2.25. The summed E-state index contributed by atoms with van der Waals surface area (Å²) in [5.74, 6) is 0.507. The summed E-state index contributed by atoms with van der Waals surface area (Å²) in [6, 6.07) is 8.52. The first-order valence-corrected chi connectivity index (χ1v) is 14.2. The second-order valence-electron chi connectivity index (χ2n) is 8.69. The number of hydrogen-bond donors (Lipinski definition) is 2. The van der Waals surface area contributed by atoms with Crippen molar-refractivity contribution in [1.29, 1.82) is 0 Å². The Balaban J connectivity index is 1.45. The quantitative estimate of drug-likeness (QED) is 0.446. The van der Waals surface area contributed by atoms with Gasteiger partial charge in [-0.3, -0.25) is 9.79 Å². The highest BCUT2D eigenvalue weighted by atomic mass is 32.2. The molecule has 0 aliphatic carbocycles. The first-order valence-electron chi connectivity index (χ1n) is 11.4. The number of carboxylic acid groups (broad SMARTS) is 1. The molecule has 0 spiro atoms. The molecule has 2 aromatic heterocycles. The molecule has 2 aliphatic heterocycles. The van der Waals surface area contributed by atoms with Gasteiger partial charge in [0.2, 0.25) is 5.88 Å². The number of thioether (sulfide) groups is 1. The highest BCUT2D eigenvalue weighted by Crippen LogP contribution is 2.37. The van der Waals surface area contributed by atoms with Gasteiger partial charge >= 0.3 is 5.97 Å². The van der Waals surface area contributed by atoms with E-state index in [1.807, 2.05) is 12.1 Å². The van der Waals surface area contributed by atoms with E-state index >= 15 is 0 Å². The fourth-order valence-electron chi connectivity index (χ4n) is 4.06. The van der Waals surface area contributed by atoms with Crippen LogP contribution in [0.15, 0.2) is 46.4 Å². The van der Waals surface area contributed by atoms with Crippen LogP contribution >= 0.6 is 11.8 Å². The van der Waals surface area contributed by atoms with Crippen LogP contribution in [0.4, 0.5) is 0 Å². The van der Waals surface area contributed by atoms with Crippen molar-refractivity contribution in [1.82, 2.24) is 9.97 Å². The molecule has 1 saturated heterocycles. The van der Waals surface area contributed by atoms with Crippen LogP contribution in [-0.2, 0) is 19.4 Å². The second kappa shape index (κ2) is 10.1. The minimum atomic E-state index is -3.36. The zero-order valence-corrected chi connectivity index (χ0v) is 21.1. The topological polar surface area (TPSA) is 140 Å². The van der Waals surface area contributed by atoms with E-state index in [4.69, 9.17) is 19.3 Å². The van der Waals surface area contributed by atoms with Crippen LogP contribution in [0.3, 0.4) is 0 Å². The van der Waals surface area contributed by atoms with Crippen molar-refractivity contribution < 1.29 is 32.5 Å². The zero-order chi connectivity index (χ0) is 25.3. The molecular formula is C24H25N3O7S2. The molecule has 2 N–H and O–H groups in total. The summed E-state index contributed by atoms with van der Waals surface area (Å²) in [5, 5.41) is 10.6. The maximum Gasteiger partial charge on any atom is 0.304 e. The molecule has 190 valence electrons. The molecule has 1 atom stereocenters. The lowest BCUT2D eigenvalue weighted by Crippen LogP contribution is -2.25. The molecule has 0 saturated carbocycles. The molecule has 0 radical (unpaired) electrons. The van der Waals surface area contributed by atoms with E-state index in [2.05, 4.69) is 15.0 Å². The number of pyridine rings is 1. The average molecular weight is 532 g/mol. The number of benzene rings is 1. The SMILES string of the molecule is CS(=O)(=O)c1ccc(Oc2cc(OC3CCOCC3)c3[nH]c(C4=NCC(CC(=O)O)S4)cc3c2)nc1. The minimum Gasteiger partial charge on any atom is -0.488 e. The van der Waals surface area contributed by atoms with E-state index in [1.165, 1.54) is 30.1 Å². The van der Waals surface area contributed by atoms with Gasteiger partial charge in [0, 0.05) is 48.1 Å². The molecule has 10 nitrogen and oxygen atoms in total. The number of ether oxygens (including phenoxy) is 3. The number of H-pyrrole nitrogens is 1. The molecule has 0 bridgehead atoms. The van der Waals surface area contributed by atoms with Gasteiger partial charge in [-0.2, -0.15) is 0 Å². The van der Waals surface area contributed by atoms with E-state index in [0.717, 1.165) is 40.7 Å². The fourth-order valence-corrected chi connectivity index (χ4v) is 5.70.